The molecule has 0 bridgehead atoms. The average Bonchev–Trinajstić information content (AvgIpc) is 2.45. The fourth-order valence-corrected chi connectivity index (χ4v) is 9.59. The van der Waals surface area contributed by atoms with Gasteiger partial charge in [-0.25, -0.2) is 0 Å². The van der Waals surface area contributed by atoms with Gasteiger partial charge in [-0.15, -0.1) is 0 Å². The lowest BCUT2D eigenvalue weighted by Crippen LogP contribution is -2.34. The molecule has 1 rings (SSSR count). The van der Waals surface area contributed by atoms with Crippen molar-refractivity contribution in [3.63, 3.8) is 0 Å². The molecule has 102 valence electrons. The Kier molecular flexibility index (Phi) is 4.74. The second kappa shape index (κ2) is 5.20. The minimum absolute atomic E-state index is 0.0584. The van der Waals surface area contributed by atoms with Gasteiger partial charge < -0.3 is 0 Å². The van der Waals surface area contributed by atoms with E-state index in [9.17, 15) is 0 Å². The first-order valence-electron chi connectivity index (χ1n) is 7.34. The lowest BCUT2D eigenvalue weighted by Gasteiger charge is -2.48. The Hall–Kier alpha value is 0.430. The van der Waals surface area contributed by atoms with Crippen LogP contribution in [0, 0.1) is 11.8 Å². The van der Waals surface area contributed by atoms with Crippen molar-refractivity contribution in [1.82, 2.24) is 0 Å². The van der Waals surface area contributed by atoms with Crippen LogP contribution in [-0.4, -0.2) is 16.0 Å². The summed E-state index contributed by atoms with van der Waals surface area (Å²) in [6.07, 6.45) is 4.41. The third-order valence-electron chi connectivity index (χ3n) is 4.40. The van der Waals surface area contributed by atoms with Crippen molar-refractivity contribution in [3.05, 3.63) is 0 Å². The van der Waals surface area contributed by atoms with Gasteiger partial charge in [0.05, 0.1) is 0 Å². The van der Waals surface area contributed by atoms with E-state index >= 15 is 0 Å². The van der Waals surface area contributed by atoms with Crippen molar-refractivity contribution < 1.29 is 0 Å². The summed E-state index contributed by atoms with van der Waals surface area (Å²) in [7, 11) is 0.0584. The SMILES string of the molecule is CC1CCCC1[C@@H](C)P(C(C)(C)C)C(C)(C)C. The minimum atomic E-state index is 0.0584. The zero-order chi connectivity index (χ0) is 13.4. The van der Waals surface area contributed by atoms with Crippen LogP contribution in [0.25, 0.3) is 0 Å². The highest BCUT2D eigenvalue weighted by molar-refractivity contribution is 7.61. The summed E-state index contributed by atoms with van der Waals surface area (Å²) in [6.45, 7) is 19.8. The van der Waals surface area contributed by atoms with Crippen LogP contribution in [0.1, 0.15) is 74.7 Å². The quantitative estimate of drug-likeness (QED) is 0.540. The summed E-state index contributed by atoms with van der Waals surface area (Å²) in [5.74, 6) is 1.94. The van der Waals surface area contributed by atoms with E-state index < -0.39 is 0 Å². The van der Waals surface area contributed by atoms with Crippen molar-refractivity contribution in [2.45, 2.75) is 90.6 Å². The molecule has 0 aliphatic heterocycles. The third-order valence-corrected chi connectivity index (χ3v) is 8.49. The van der Waals surface area contributed by atoms with Crippen LogP contribution in [-0.2, 0) is 0 Å². The molecule has 0 aromatic rings. The largest absolute Gasteiger partial charge is 0.0924 e. The Morgan fingerprint density at radius 1 is 0.941 bits per heavy atom. The molecule has 1 aliphatic rings. The maximum absolute atomic E-state index is 2.55. The molecule has 0 aromatic carbocycles. The van der Waals surface area contributed by atoms with Gasteiger partial charge in [-0.1, -0.05) is 76.2 Å². The molecule has 1 aliphatic carbocycles. The van der Waals surface area contributed by atoms with E-state index in [2.05, 4.69) is 55.4 Å². The molecular formula is C16H33P. The van der Waals surface area contributed by atoms with Gasteiger partial charge in [-0.05, 0) is 34.2 Å². The fraction of sp³-hybridized carbons (Fsp3) is 1.00. The average molecular weight is 256 g/mol. The number of hydrogen-bond acceptors (Lipinski definition) is 0. The Bertz CT molecular complexity index is 229. The lowest BCUT2D eigenvalue weighted by molar-refractivity contribution is 0.406. The van der Waals surface area contributed by atoms with Gasteiger partial charge in [-0.2, -0.15) is 0 Å². The van der Waals surface area contributed by atoms with E-state index in [4.69, 9.17) is 0 Å². The molecule has 1 fully saturated rings. The lowest BCUT2D eigenvalue weighted by atomic mass is 9.95. The van der Waals surface area contributed by atoms with Gasteiger partial charge in [0.2, 0.25) is 0 Å². The van der Waals surface area contributed by atoms with Crippen LogP contribution in [0.2, 0.25) is 0 Å². The molecule has 0 spiro atoms. The molecular weight excluding hydrogens is 223 g/mol. The summed E-state index contributed by atoms with van der Waals surface area (Å²) in [5, 5.41) is 0.963. The maximum Gasteiger partial charge on any atom is -0.0172 e. The Labute approximate surface area is 111 Å². The van der Waals surface area contributed by atoms with Gasteiger partial charge in [0, 0.05) is 0 Å². The molecule has 0 saturated heterocycles. The van der Waals surface area contributed by atoms with E-state index in [1.54, 1.807) is 0 Å². The standard InChI is InChI=1S/C16H33P/c1-12-10-9-11-14(12)13(2)17(15(3,4)5)16(6,7)8/h12-14H,9-11H2,1-8H3/t12?,13-,14?/m1/s1. The van der Waals surface area contributed by atoms with Crippen molar-refractivity contribution in [1.29, 1.82) is 0 Å². The summed E-state index contributed by atoms with van der Waals surface area (Å²) >= 11 is 0. The van der Waals surface area contributed by atoms with Gasteiger partial charge in [0.25, 0.3) is 0 Å². The molecule has 0 amide bonds. The first-order valence-corrected chi connectivity index (χ1v) is 8.75. The van der Waals surface area contributed by atoms with Crippen LogP contribution in [0.4, 0.5) is 0 Å². The summed E-state index contributed by atoms with van der Waals surface area (Å²) in [6, 6.07) is 0. The highest BCUT2D eigenvalue weighted by atomic mass is 31.1. The number of rotatable bonds is 2. The molecule has 0 N–H and O–H groups in total. The van der Waals surface area contributed by atoms with Crippen molar-refractivity contribution in [2.75, 3.05) is 0 Å². The van der Waals surface area contributed by atoms with Crippen molar-refractivity contribution in [3.8, 4) is 0 Å². The van der Waals surface area contributed by atoms with Crippen LogP contribution < -0.4 is 0 Å². The first-order chi connectivity index (χ1) is 7.55. The molecule has 1 heteroatoms. The van der Waals surface area contributed by atoms with Gasteiger partial charge in [0.1, 0.15) is 0 Å². The van der Waals surface area contributed by atoms with E-state index in [1.807, 2.05) is 0 Å². The maximum atomic E-state index is 2.55. The second-order valence-corrected chi connectivity index (χ2v) is 12.3. The minimum Gasteiger partial charge on any atom is -0.0924 e. The van der Waals surface area contributed by atoms with Crippen LogP contribution in [0.5, 0.6) is 0 Å². The summed E-state index contributed by atoms with van der Waals surface area (Å²) in [4.78, 5) is 0. The van der Waals surface area contributed by atoms with E-state index in [1.165, 1.54) is 19.3 Å². The van der Waals surface area contributed by atoms with Crippen molar-refractivity contribution in [2.24, 2.45) is 11.8 Å². The molecule has 17 heavy (non-hydrogen) atoms. The highest BCUT2D eigenvalue weighted by Gasteiger charge is 2.42. The molecule has 0 heterocycles. The second-order valence-electron chi connectivity index (χ2n) is 8.02. The smallest absolute Gasteiger partial charge is 0.0172 e. The Morgan fingerprint density at radius 2 is 1.41 bits per heavy atom. The van der Waals surface area contributed by atoms with Crippen LogP contribution in [0.15, 0.2) is 0 Å². The predicted octanol–water partition coefficient (Wildman–Crippen LogP) is 5.89. The normalized spacial score (nSPS) is 28.8. The molecule has 2 unspecified atom stereocenters. The summed E-state index contributed by atoms with van der Waals surface area (Å²) in [5.41, 5.74) is 0.919. The van der Waals surface area contributed by atoms with Crippen LogP contribution in [0.3, 0.4) is 0 Å². The zero-order valence-corrected chi connectivity index (χ0v) is 14.2. The number of hydrogen-bond donors (Lipinski definition) is 0. The highest BCUT2D eigenvalue weighted by Crippen LogP contribution is 2.65. The monoisotopic (exact) mass is 256 g/mol. The van der Waals surface area contributed by atoms with Gasteiger partial charge in [-0.3, -0.25) is 0 Å². The first kappa shape index (κ1) is 15.5. The molecule has 0 radical (unpaired) electrons. The molecule has 0 nitrogen and oxygen atoms in total. The zero-order valence-electron chi connectivity index (χ0n) is 13.3. The van der Waals surface area contributed by atoms with Gasteiger partial charge in [0.15, 0.2) is 0 Å². The van der Waals surface area contributed by atoms with Gasteiger partial charge >= 0.3 is 0 Å². The van der Waals surface area contributed by atoms with Crippen LogP contribution >= 0.6 is 7.92 Å². The molecule has 0 aromatic heterocycles. The Balaban J connectivity index is 2.91. The van der Waals surface area contributed by atoms with E-state index in [0.717, 1.165) is 17.5 Å². The fourth-order valence-electron chi connectivity index (χ4n) is 4.31. The Morgan fingerprint density at radius 3 is 1.71 bits per heavy atom. The topological polar surface area (TPSA) is 0 Å². The summed E-state index contributed by atoms with van der Waals surface area (Å²) < 4.78 is 0. The van der Waals surface area contributed by atoms with Crippen molar-refractivity contribution >= 4 is 7.92 Å². The predicted molar refractivity (Wildman–Crippen MR) is 82.4 cm³/mol. The molecule has 1 saturated carbocycles. The third kappa shape index (κ3) is 3.69. The van der Waals surface area contributed by atoms with E-state index in [0.29, 0.717) is 10.3 Å². The van der Waals surface area contributed by atoms with E-state index in [-0.39, 0.29) is 7.92 Å². The molecule has 3 atom stereocenters.